The van der Waals surface area contributed by atoms with Crippen LogP contribution in [0.15, 0.2) is 42.5 Å². The molecule has 25 heavy (non-hydrogen) atoms. The summed E-state index contributed by atoms with van der Waals surface area (Å²) in [6.07, 6.45) is 0. The predicted octanol–water partition coefficient (Wildman–Crippen LogP) is 1.85. The van der Waals surface area contributed by atoms with Crippen LogP contribution in [0.1, 0.15) is 15.9 Å². The fourth-order valence-electron chi connectivity index (χ4n) is 2.00. The number of hydrazine groups is 1. The van der Waals surface area contributed by atoms with Crippen molar-refractivity contribution in [2.75, 3.05) is 20.8 Å². The van der Waals surface area contributed by atoms with Gasteiger partial charge in [-0.3, -0.25) is 20.4 Å². The Hall–Kier alpha value is -3.22. The van der Waals surface area contributed by atoms with Crippen LogP contribution in [0.5, 0.6) is 17.2 Å². The summed E-state index contributed by atoms with van der Waals surface area (Å²) in [6, 6.07) is 12.0. The molecule has 0 aliphatic heterocycles. The van der Waals surface area contributed by atoms with Crippen molar-refractivity contribution in [2.45, 2.75) is 6.92 Å². The summed E-state index contributed by atoms with van der Waals surface area (Å²) >= 11 is 0. The van der Waals surface area contributed by atoms with E-state index in [2.05, 4.69) is 10.9 Å². The monoisotopic (exact) mass is 344 g/mol. The highest BCUT2D eigenvalue weighted by molar-refractivity contribution is 5.96. The highest BCUT2D eigenvalue weighted by Crippen LogP contribution is 2.27. The van der Waals surface area contributed by atoms with Crippen molar-refractivity contribution in [1.29, 1.82) is 0 Å². The molecular weight excluding hydrogens is 324 g/mol. The third-order valence-corrected chi connectivity index (χ3v) is 3.35. The molecular formula is C18H20N2O5. The van der Waals surface area contributed by atoms with Crippen molar-refractivity contribution in [1.82, 2.24) is 10.9 Å². The first-order chi connectivity index (χ1) is 12.0. The molecule has 0 unspecified atom stereocenters. The van der Waals surface area contributed by atoms with Crippen molar-refractivity contribution in [3.63, 3.8) is 0 Å². The number of rotatable bonds is 6. The number of benzene rings is 2. The highest BCUT2D eigenvalue weighted by Gasteiger charge is 2.11. The van der Waals surface area contributed by atoms with Crippen molar-refractivity contribution in [2.24, 2.45) is 0 Å². The van der Waals surface area contributed by atoms with Crippen LogP contribution >= 0.6 is 0 Å². The average Bonchev–Trinajstić information content (AvgIpc) is 2.64. The Morgan fingerprint density at radius 1 is 0.920 bits per heavy atom. The number of nitrogens with one attached hydrogen (secondary N) is 2. The molecule has 0 aliphatic rings. The van der Waals surface area contributed by atoms with Crippen molar-refractivity contribution < 1.29 is 23.8 Å². The summed E-state index contributed by atoms with van der Waals surface area (Å²) in [6.45, 7) is 1.75. The number of hydrogen-bond acceptors (Lipinski definition) is 5. The van der Waals surface area contributed by atoms with Gasteiger partial charge in [0.2, 0.25) is 0 Å². The maximum Gasteiger partial charge on any atom is 0.276 e. The van der Waals surface area contributed by atoms with Crippen molar-refractivity contribution in [3.8, 4) is 17.2 Å². The van der Waals surface area contributed by atoms with Gasteiger partial charge >= 0.3 is 0 Å². The van der Waals surface area contributed by atoms with Gasteiger partial charge in [0.15, 0.2) is 18.1 Å². The first kappa shape index (κ1) is 18.1. The molecule has 0 saturated carbocycles. The lowest BCUT2D eigenvalue weighted by molar-refractivity contribution is -0.123. The molecule has 0 atom stereocenters. The lowest BCUT2D eigenvalue weighted by Gasteiger charge is -2.11. The van der Waals surface area contributed by atoms with Gasteiger partial charge in [-0.1, -0.05) is 17.7 Å². The molecule has 7 heteroatoms. The van der Waals surface area contributed by atoms with Gasteiger partial charge in [0.05, 0.1) is 14.2 Å². The minimum atomic E-state index is -0.482. The molecule has 0 saturated heterocycles. The molecule has 0 heterocycles. The van der Waals surface area contributed by atoms with Gasteiger partial charge in [-0.15, -0.1) is 0 Å². The Kier molecular flexibility index (Phi) is 6.22. The van der Waals surface area contributed by atoms with Crippen LogP contribution in [0.4, 0.5) is 0 Å². The minimum absolute atomic E-state index is 0.213. The molecule has 0 fully saturated rings. The van der Waals surface area contributed by atoms with E-state index in [1.807, 2.05) is 19.1 Å². The van der Waals surface area contributed by atoms with Crippen LogP contribution in [0, 0.1) is 6.92 Å². The number of carbonyl (C=O) groups is 2. The van der Waals surface area contributed by atoms with Gasteiger partial charge in [-0.25, -0.2) is 0 Å². The van der Waals surface area contributed by atoms with Crippen molar-refractivity contribution in [3.05, 3.63) is 53.6 Å². The van der Waals surface area contributed by atoms with E-state index in [0.717, 1.165) is 5.56 Å². The molecule has 0 aromatic heterocycles. The number of methoxy groups -OCH3 is 2. The summed E-state index contributed by atoms with van der Waals surface area (Å²) in [5, 5.41) is 0. The first-order valence-electron chi connectivity index (χ1n) is 7.54. The number of aryl methyl sites for hydroxylation is 1. The van der Waals surface area contributed by atoms with Crippen LogP contribution in [-0.2, 0) is 4.79 Å². The zero-order valence-electron chi connectivity index (χ0n) is 14.3. The van der Waals surface area contributed by atoms with Gasteiger partial charge in [-0.05, 0) is 37.3 Å². The second kappa shape index (κ2) is 8.58. The van der Waals surface area contributed by atoms with Crippen LogP contribution < -0.4 is 25.1 Å². The van der Waals surface area contributed by atoms with Crippen LogP contribution in [0.3, 0.4) is 0 Å². The van der Waals surface area contributed by atoms with E-state index in [0.29, 0.717) is 22.8 Å². The Labute approximate surface area is 145 Å². The van der Waals surface area contributed by atoms with E-state index in [4.69, 9.17) is 14.2 Å². The molecule has 2 aromatic carbocycles. The van der Waals surface area contributed by atoms with E-state index >= 15 is 0 Å². The zero-order chi connectivity index (χ0) is 18.2. The second-order valence-electron chi connectivity index (χ2n) is 5.17. The Morgan fingerprint density at radius 2 is 1.60 bits per heavy atom. The molecule has 2 aromatic rings. The van der Waals surface area contributed by atoms with E-state index < -0.39 is 11.8 Å². The largest absolute Gasteiger partial charge is 0.493 e. The summed E-state index contributed by atoms with van der Waals surface area (Å²) < 4.78 is 15.6. The van der Waals surface area contributed by atoms with Crippen LogP contribution in [-0.4, -0.2) is 32.6 Å². The minimum Gasteiger partial charge on any atom is -0.493 e. The SMILES string of the molecule is COc1ccc(C(=O)NNC(=O)COc2ccc(C)cc2)cc1OC. The lowest BCUT2D eigenvalue weighted by atomic mass is 10.2. The number of hydrogen-bond donors (Lipinski definition) is 2. The van der Waals surface area contributed by atoms with Gasteiger partial charge in [0.25, 0.3) is 11.8 Å². The first-order valence-corrected chi connectivity index (χ1v) is 7.54. The van der Waals surface area contributed by atoms with Gasteiger partial charge in [-0.2, -0.15) is 0 Å². The van der Waals surface area contributed by atoms with E-state index in [1.165, 1.54) is 20.3 Å². The van der Waals surface area contributed by atoms with Crippen LogP contribution in [0.2, 0.25) is 0 Å². The average molecular weight is 344 g/mol. The topological polar surface area (TPSA) is 85.9 Å². The molecule has 0 bridgehead atoms. The highest BCUT2D eigenvalue weighted by atomic mass is 16.5. The van der Waals surface area contributed by atoms with Crippen molar-refractivity contribution >= 4 is 11.8 Å². The smallest absolute Gasteiger partial charge is 0.276 e. The zero-order valence-corrected chi connectivity index (χ0v) is 14.3. The quantitative estimate of drug-likeness (QED) is 0.781. The molecule has 2 rings (SSSR count). The molecule has 0 aliphatic carbocycles. The van der Waals surface area contributed by atoms with E-state index in [-0.39, 0.29) is 6.61 Å². The van der Waals surface area contributed by atoms with Gasteiger partial charge < -0.3 is 14.2 Å². The fraction of sp³-hybridized carbons (Fsp3) is 0.222. The van der Waals surface area contributed by atoms with Gasteiger partial charge in [0.1, 0.15) is 5.75 Å². The third kappa shape index (κ3) is 5.13. The third-order valence-electron chi connectivity index (χ3n) is 3.35. The lowest BCUT2D eigenvalue weighted by Crippen LogP contribution is -2.43. The maximum atomic E-state index is 12.1. The molecule has 132 valence electrons. The normalized spacial score (nSPS) is 9.88. The maximum absolute atomic E-state index is 12.1. The fourth-order valence-corrected chi connectivity index (χ4v) is 2.00. The summed E-state index contributed by atoms with van der Waals surface area (Å²) in [5.74, 6) is 0.546. The Balaban J connectivity index is 1.84. The second-order valence-corrected chi connectivity index (χ2v) is 5.17. The number of ether oxygens (including phenoxy) is 3. The Bertz CT molecular complexity index is 744. The molecule has 0 spiro atoms. The molecule has 7 nitrogen and oxygen atoms in total. The predicted molar refractivity (Wildman–Crippen MR) is 91.8 cm³/mol. The number of amides is 2. The summed E-state index contributed by atoms with van der Waals surface area (Å²) in [7, 11) is 2.98. The van der Waals surface area contributed by atoms with E-state index in [9.17, 15) is 9.59 Å². The van der Waals surface area contributed by atoms with Gasteiger partial charge in [0, 0.05) is 5.56 Å². The summed E-state index contributed by atoms with van der Waals surface area (Å²) in [5.41, 5.74) is 6.02. The van der Waals surface area contributed by atoms with Crippen LogP contribution in [0.25, 0.3) is 0 Å². The molecule has 2 amide bonds. The summed E-state index contributed by atoms with van der Waals surface area (Å²) in [4.78, 5) is 23.8. The Morgan fingerprint density at radius 3 is 2.24 bits per heavy atom. The standard InChI is InChI=1S/C18H20N2O5/c1-12-4-7-14(8-5-12)25-11-17(21)19-20-18(22)13-6-9-15(23-2)16(10-13)24-3/h4-10H,11H2,1-3H3,(H,19,21)(H,20,22). The number of carbonyl (C=O) groups excluding carboxylic acids is 2. The molecule has 2 N–H and O–H groups in total. The van der Waals surface area contributed by atoms with E-state index in [1.54, 1.807) is 24.3 Å². The molecule has 0 radical (unpaired) electrons.